The summed E-state index contributed by atoms with van der Waals surface area (Å²) in [4.78, 5) is 33.3. The molecule has 1 atom stereocenters. The van der Waals surface area contributed by atoms with E-state index in [4.69, 9.17) is 0 Å². The van der Waals surface area contributed by atoms with Gasteiger partial charge < -0.3 is 10.4 Å². The van der Waals surface area contributed by atoms with Crippen LogP contribution in [0.15, 0.2) is 42.5 Å². The number of nitro groups is 1. The number of carbonyl (C=O) groups excluding carboxylic acids is 1. The van der Waals surface area contributed by atoms with E-state index in [0.717, 1.165) is 42.5 Å². The molecule has 11 heteroatoms. The van der Waals surface area contributed by atoms with Crippen LogP contribution in [0.2, 0.25) is 0 Å². The van der Waals surface area contributed by atoms with Gasteiger partial charge in [-0.3, -0.25) is 14.9 Å². The largest absolute Gasteiger partial charge is 0.480 e. The lowest BCUT2D eigenvalue weighted by Crippen LogP contribution is -2.43. The maximum absolute atomic E-state index is 13.4. The fourth-order valence-corrected chi connectivity index (χ4v) is 2.50. The van der Waals surface area contributed by atoms with E-state index in [2.05, 4.69) is 5.32 Å². The Hall–Kier alpha value is -3.50. The van der Waals surface area contributed by atoms with Crippen molar-refractivity contribution in [1.82, 2.24) is 5.32 Å². The van der Waals surface area contributed by atoms with Crippen LogP contribution >= 0.6 is 0 Å². The number of hydrogen-bond acceptors (Lipinski definition) is 4. The molecule has 0 unspecified atom stereocenters. The van der Waals surface area contributed by atoms with Gasteiger partial charge >= 0.3 is 17.8 Å². The molecule has 29 heavy (non-hydrogen) atoms. The molecule has 0 aliphatic rings. The Labute approximate surface area is 161 Å². The Morgan fingerprint density at radius 2 is 1.69 bits per heavy atom. The van der Waals surface area contributed by atoms with E-state index in [0.29, 0.717) is 0 Å². The van der Waals surface area contributed by atoms with E-state index in [1.54, 1.807) is 0 Å². The molecule has 2 N–H and O–H groups in total. The van der Waals surface area contributed by atoms with E-state index < -0.39 is 46.1 Å². The highest BCUT2D eigenvalue weighted by Crippen LogP contribution is 2.29. The Morgan fingerprint density at radius 1 is 1.10 bits per heavy atom. The molecule has 0 saturated heterocycles. The van der Waals surface area contributed by atoms with E-state index in [9.17, 15) is 42.4 Å². The van der Waals surface area contributed by atoms with Crippen molar-refractivity contribution in [2.75, 3.05) is 0 Å². The number of amides is 1. The maximum Gasteiger partial charge on any atom is 0.416 e. The molecule has 0 aliphatic carbocycles. The predicted molar refractivity (Wildman–Crippen MR) is 91.5 cm³/mol. The van der Waals surface area contributed by atoms with E-state index >= 15 is 0 Å². The molecule has 2 aromatic carbocycles. The summed E-state index contributed by atoms with van der Waals surface area (Å²) >= 11 is 0. The number of nitrogens with one attached hydrogen (secondary N) is 1. The number of alkyl halides is 3. The molecular weight excluding hydrogens is 400 g/mol. The Bertz CT molecular complexity index is 929. The first-order valence-corrected chi connectivity index (χ1v) is 8.08. The van der Waals surface area contributed by atoms with E-state index in [1.807, 2.05) is 0 Å². The van der Waals surface area contributed by atoms with Crippen LogP contribution < -0.4 is 5.32 Å². The molecule has 0 radical (unpaired) electrons. The predicted octanol–water partition coefficient (Wildman–Crippen LogP) is 3.11. The zero-order valence-corrected chi connectivity index (χ0v) is 14.6. The quantitative estimate of drug-likeness (QED) is 0.411. The van der Waals surface area contributed by atoms with E-state index in [1.165, 1.54) is 0 Å². The molecule has 0 spiro atoms. The first-order valence-electron chi connectivity index (χ1n) is 8.08. The highest BCUT2D eigenvalue weighted by molar-refractivity contribution is 5.85. The van der Waals surface area contributed by atoms with Gasteiger partial charge in [0.15, 0.2) is 0 Å². The number of aliphatic carboxylic acids is 1. The number of hydrogen-bond donors (Lipinski definition) is 2. The molecule has 2 rings (SSSR count). The van der Waals surface area contributed by atoms with E-state index in [-0.39, 0.29) is 24.0 Å². The second-order valence-corrected chi connectivity index (χ2v) is 6.08. The summed E-state index contributed by atoms with van der Waals surface area (Å²) in [5.41, 5.74) is -1.37. The highest BCUT2D eigenvalue weighted by atomic mass is 19.4. The second kappa shape index (κ2) is 8.67. The lowest BCUT2D eigenvalue weighted by atomic mass is 10.0. The third-order valence-corrected chi connectivity index (χ3v) is 3.93. The van der Waals surface area contributed by atoms with Crippen molar-refractivity contribution in [3.8, 4) is 0 Å². The summed E-state index contributed by atoms with van der Waals surface area (Å²) in [5.74, 6) is -3.29. The van der Waals surface area contributed by atoms with Gasteiger partial charge in [0, 0.05) is 12.5 Å². The van der Waals surface area contributed by atoms with Crippen LogP contribution in [0.25, 0.3) is 0 Å². The summed E-state index contributed by atoms with van der Waals surface area (Å²) < 4.78 is 51.0. The van der Waals surface area contributed by atoms with Crippen LogP contribution in [0.1, 0.15) is 16.7 Å². The highest BCUT2D eigenvalue weighted by Gasteiger charge is 2.30. The van der Waals surface area contributed by atoms with Gasteiger partial charge in [-0.15, -0.1) is 0 Å². The minimum absolute atomic E-state index is 0.111. The van der Waals surface area contributed by atoms with Crippen LogP contribution in [0, 0.1) is 15.9 Å². The van der Waals surface area contributed by atoms with Gasteiger partial charge in [0.1, 0.15) is 6.04 Å². The maximum atomic E-state index is 13.4. The van der Waals surface area contributed by atoms with Gasteiger partial charge in [-0.2, -0.15) is 17.6 Å². The Balaban J connectivity index is 2.07. The summed E-state index contributed by atoms with van der Waals surface area (Å²) in [6, 6.07) is 5.17. The molecule has 2 aromatic rings. The van der Waals surface area contributed by atoms with Gasteiger partial charge in [-0.1, -0.05) is 18.2 Å². The Morgan fingerprint density at radius 3 is 2.21 bits per heavy atom. The summed E-state index contributed by atoms with van der Waals surface area (Å²) in [5, 5.41) is 22.2. The third kappa shape index (κ3) is 5.99. The fraction of sp³-hybridized carbons (Fsp3) is 0.222. The Kier molecular flexibility index (Phi) is 6.52. The zero-order valence-electron chi connectivity index (χ0n) is 14.6. The van der Waals surface area contributed by atoms with Crippen molar-refractivity contribution in [1.29, 1.82) is 0 Å². The summed E-state index contributed by atoms with van der Waals surface area (Å²) in [7, 11) is 0. The van der Waals surface area contributed by atoms with Crippen molar-refractivity contribution in [2.24, 2.45) is 0 Å². The molecule has 0 heterocycles. The molecule has 1 amide bonds. The van der Waals surface area contributed by atoms with Gasteiger partial charge in [0.05, 0.1) is 16.9 Å². The number of halogens is 4. The first-order chi connectivity index (χ1) is 13.5. The minimum Gasteiger partial charge on any atom is -0.480 e. The lowest BCUT2D eigenvalue weighted by molar-refractivity contribution is -0.387. The fourth-order valence-electron chi connectivity index (χ4n) is 2.50. The molecule has 0 aromatic heterocycles. The van der Waals surface area contributed by atoms with Crippen molar-refractivity contribution in [3.63, 3.8) is 0 Å². The normalized spacial score (nSPS) is 12.3. The van der Waals surface area contributed by atoms with Gasteiger partial charge in [-0.25, -0.2) is 4.79 Å². The number of rotatable bonds is 7. The van der Waals surface area contributed by atoms with Crippen LogP contribution in [-0.2, 0) is 28.6 Å². The third-order valence-electron chi connectivity index (χ3n) is 3.93. The lowest BCUT2D eigenvalue weighted by Gasteiger charge is -2.15. The molecule has 7 nitrogen and oxygen atoms in total. The summed E-state index contributed by atoms with van der Waals surface area (Å²) in [6.07, 6.45) is -5.24. The van der Waals surface area contributed by atoms with Gasteiger partial charge in [0.25, 0.3) is 0 Å². The SMILES string of the molecule is O=C(Cc1ccc(C(F)(F)F)cc1)N[C@@H](Cc1ccc(F)c([N+](=O)[O-])c1)C(=O)O. The number of nitrogens with zero attached hydrogens (tertiary/aromatic N) is 1. The molecule has 0 saturated carbocycles. The van der Waals surface area contributed by atoms with Crippen LogP contribution in [-0.4, -0.2) is 27.9 Å². The zero-order chi connectivity index (χ0) is 21.8. The smallest absolute Gasteiger partial charge is 0.416 e. The monoisotopic (exact) mass is 414 g/mol. The van der Waals surface area contributed by atoms with Crippen molar-refractivity contribution >= 4 is 17.6 Å². The van der Waals surface area contributed by atoms with Crippen molar-refractivity contribution in [3.05, 3.63) is 75.1 Å². The van der Waals surface area contributed by atoms with Crippen LogP contribution in [0.3, 0.4) is 0 Å². The number of carboxylic acids is 1. The molecular formula is C18H14F4N2O5. The topological polar surface area (TPSA) is 110 Å². The number of nitro benzene ring substituents is 1. The second-order valence-electron chi connectivity index (χ2n) is 6.08. The molecule has 0 bridgehead atoms. The average Bonchev–Trinajstić information content (AvgIpc) is 2.62. The number of carboxylic acid groups (broad SMARTS) is 1. The van der Waals surface area contributed by atoms with Gasteiger partial charge in [-0.05, 0) is 29.3 Å². The number of carbonyl (C=O) groups is 2. The van der Waals surface area contributed by atoms with Crippen molar-refractivity contribution in [2.45, 2.75) is 25.1 Å². The summed E-state index contributed by atoms with van der Waals surface area (Å²) in [6.45, 7) is 0. The van der Waals surface area contributed by atoms with Gasteiger partial charge in [0.2, 0.25) is 11.7 Å². The first kappa shape index (κ1) is 21.8. The number of benzene rings is 2. The standard InChI is InChI=1S/C18H14F4N2O5/c19-13-6-3-11(8-15(13)24(28)29)7-14(17(26)27)23-16(25)9-10-1-4-12(5-2-10)18(20,21)22/h1-6,8,14H,7,9H2,(H,23,25)(H,26,27)/t14-/m0/s1. The van der Waals surface area contributed by atoms with Crippen LogP contribution in [0.5, 0.6) is 0 Å². The van der Waals surface area contributed by atoms with Crippen LogP contribution in [0.4, 0.5) is 23.2 Å². The molecule has 0 aliphatic heterocycles. The molecule has 0 fully saturated rings. The minimum atomic E-state index is -4.52. The molecule has 154 valence electrons. The average molecular weight is 414 g/mol. The van der Waals surface area contributed by atoms with Crippen molar-refractivity contribution < 1.29 is 37.2 Å².